The van der Waals surface area contributed by atoms with Crippen LogP contribution in [-0.2, 0) is 4.74 Å². The van der Waals surface area contributed by atoms with Gasteiger partial charge >= 0.3 is 6.09 Å². The van der Waals surface area contributed by atoms with Crippen LogP contribution in [0.5, 0.6) is 0 Å². The van der Waals surface area contributed by atoms with Crippen molar-refractivity contribution in [1.82, 2.24) is 14.9 Å². The first-order chi connectivity index (χ1) is 13.9. The minimum atomic E-state index is -0.280. The number of ether oxygens (including phenoxy) is 1. The molecule has 0 aliphatic carbocycles. The van der Waals surface area contributed by atoms with Crippen molar-refractivity contribution in [2.75, 3.05) is 30.3 Å². The number of hydrogen-bond donors (Lipinski definition) is 2. The highest BCUT2D eigenvalue weighted by Gasteiger charge is 2.24. The largest absolute Gasteiger partial charge is 0.450 e. The maximum Gasteiger partial charge on any atom is 0.409 e. The van der Waals surface area contributed by atoms with Gasteiger partial charge in [0.05, 0.1) is 6.61 Å². The van der Waals surface area contributed by atoms with Crippen LogP contribution in [0.25, 0.3) is 0 Å². The van der Waals surface area contributed by atoms with E-state index < -0.39 is 0 Å². The number of nitrogens with zero attached hydrogens (tertiary/aromatic N) is 3. The zero-order valence-electron chi connectivity index (χ0n) is 17.1. The number of hydrogen-bond acceptors (Lipinski definition) is 6. The van der Waals surface area contributed by atoms with Crippen molar-refractivity contribution in [1.29, 1.82) is 0 Å². The van der Waals surface area contributed by atoms with Gasteiger partial charge in [-0.1, -0.05) is 6.07 Å². The van der Waals surface area contributed by atoms with Gasteiger partial charge in [0.1, 0.15) is 17.8 Å². The summed E-state index contributed by atoms with van der Waals surface area (Å²) in [6, 6.07) is 7.71. The van der Waals surface area contributed by atoms with Crippen LogP contribution >= 0.6 is 0 Å². The maximum absolute atomic E-state index is 12.6. The normalized spacial score (nSPS) is 14.4. The number of amides is 2. The predicted octanol–water partition coefficient (Wildman–Crippen LogP) is 3.38. The van der Waals surface area contributed by atoms with Crippen LogP contribution in [0.2, 0.25) is 0 Å². The van der Waals surface area contributed by atoms with Crippen LogP contribution < -0.4 is 10.6 Å². The second kappa shape index (κ2) is 9.36. The Hall–Kier alpha value is -3.16. The van der Waals surface area contributed by atoms with Crippen molar-refractivity contribution in [3.8, 4) is 0 Å². The molecule has 0 atom stereocenters. The van der Waals surface area contributed by atoms with Gasteiger partial charge in [0.15, 0.2) is 0 Å². The summed E-state index contributed by atoms with van der Waals surface area (Å²) in [6.07, 6.45) is 2.69. The Balaban J connectivity index is 1.58. The molecule has 8 nitrogen and oxygen atoms in total. The third-order valence-electron chi connectivity index (χ3n) is 4.75. The molecule has 1 aliphatic rings. The van der Waals surface area contributed by atoms with E-state index >= 15 is 0 Å². The average Bonchev–Trinajstić information content (AvgIpc) is 2.68. The van der Waals surface area contributed by atoms with Crippen LogP contribution in [-0.4, -0.2) is 52.6 Å². The van der Waals surface area contributed by atoms with Gasteiger partial charge in [-0.15, -0.1) is 0 Å². The van der Waals surface area contributed by atoms with Crippen molar-refractivity contribution in [2.45, 2.75) is 39.7 Å². The molecule has 0 bridgehead atoms. The molecule has 3 rings (SSSR count). The molecule has 0 saturated carbocycles. The first-order valence-electron chi connectivity index (χ1n) is 9.84. The van der Waals surface area contributed by atoms with Gasteiger partial charge in [-0.25, -0.2) is 14.8 Å². The lowest BCUT2D eigenvalue weighted by Crippen LogP contribution is -2.42. The number of benzene rings is 1. The number of likely N-dealkylation sites (tertiary alicyclic amines) is 1. The number of aromatic nitrogens is 2. The SMILES string of the molecule is CCOC(=O)N1CCC(Nc2cc(C(=O)Nc3cc(C)cc(C)c3)ncn2)CC1. The lowest BCUT2D eigenvalue weighted by Gasteiger charge is -2.31. The summed E-state index contributed by atoms with van der Waals surface area (Å²) in [6.45, 7) is 7.41. The number of piperidine rings is 1. The fraction of sp³-hybridized carbons (Fsp3) is 0.429. The van der Waals surface area contributed by atoms with E-state index in [0.29, 0.717) is 31.2 Å². The Morgan fingerprint density at radius 2 is 1.79 bits per heavy atom. The van der Waals surface area contributed by atoms with E-state index in [2.05, 4.69) is 26.7 Å². The van der Waals surface area contributed by atoms with E-state index in [1.807, 2.05) is 26.0 Å². The summed E-state index contributed by atoms with van der Waals surface area (Å²) >= 11 is 0. The summed E-state index contributed by atoms with van der Waals surface area (Å²) < 4.78 is 5.04. The number of aryl methyl sites for hydroxylation is 2. The summed E-state index contributed by atoms with van der Waals surface area (Å²) in [5.74, 6) is 0.317. The minimum Gasteiger partial charge on any atom is -0.450 e. The van der Waals surface area contributed by atoms with E-state index in [1.54, 1.807) is 17.9 Å². The molecule has 1 fully saturated rings. The van der Waals surface area contributed by atoms with E-state index in [9.17, 15) is 9.59 Å². The summed E-state index contributed by atoms with van der Waals surface area (Å²) in [4.78, 5) is 34.4. The van der Waals surface area contributed by atoms with Gasteiger partial charge in [0.2, 0.25) is 0 Å². The quantitative estimate of drug-likeness (QED) is 0.803. The van der Waals surface area contributed by atoms with Crippen molar-refractivity contribution in [2.24, 2.45) is 0 Å². The fourth-order valence-electron chi connectivity index (χ4n) is 3.43. The Bertz CT molecular complexity index is 858. The summed E-state index contributed by atoms with van der Waals surface area (Å²) in [5, 5.41) is 6.23. The smallest absolute Gasteiger partial charge is 0.409 e. The zero-order valence-corrected chi connectivity index (χ0v) is 17.1. The number of carbonyl (C=O) groups excluding carboxylic acids is 2. The van der Waals surface area contributed by atoms with Crippen molar-refractivity contribution >= 4 is 23.5 Å². The van der Waals surface area contributed by atoms with Crippen molar-refractivity contribution in [3.63, 3.8) is 0 Å². The molecule has 2 heterocycles. The minimum absolute atomic E-state index is 0.172. The molecule has 2 N–H and O–H groups in total. The molecule has 1 saturated heterocycles. The highest BCUT2D eigenvalue weighted by Crippen LogP contribution is 2.18. The summed E-state index contributed by atoms with van der Waals surface area (Å²) in [5.41, 5.74) is 3.21. The van der Waals surface area contributed by atoms with E-state index in [0.717, 1.165) is 29.7 Å². The average molecular weight is 397 g/mol. The van der Waals surface area contributed by atoms with Gasteiger partial charge in [0.25, 0.3) is 5.91 Å². The summed E-state index contributed by atoms with van der Waals surface area (Å²) in [7, 11) is 0. The maximum atomic E-state index is 12.6. The van der Waals surface area contributed by atoms with Gasteiger partial charge in [-0.3, -0.25) is 4.79 Å². The molecular weight excluding hydrogens is 370 g/mol. The van der Waals surface area contributed by atoms with Gasteiger partial charge < -0.3 is 20.3 Å². The third kappa shape index (κ3) is 5.66. The second-order valence-corrected chi connectivity index (χ2v) is 7.22. The van der Waals surface area contributed by atoms with E-state index in [1.165, 1.54) is 6.33 Å². The lowest BCUT2D eigenvalue weighted by atomic mass is 10.1. The molecular formula is C21H27N5O3. The topological polar surface area (TPSA) is 96.5 Å². The molecule has 154 valence electrons. The molecule has 0 spiro atoms. The zero-order chi connectivity index (χ0) is 20.8. The van der Waals surface area contributed by atoms with Gasteiger partial charge in [0, 0.05) is 30.9 Å². The third-order valence-corrected chi connectivity index (χ3v) is 4.75. The second-order valence-electron chi connectivity index (χ2n) is 7.22. The molecule has 2 aromatic rings. The van der Waals surface area contributed by atoms with Crippen LogP contribution in [0.4, 0.5) is 16.3 Å². The van der Waals surface area contributed by atoms with E-state index in [-0.39, 0.29) is 18.0 Å². The molecule has 0 radical (unpaired) electrons. The highest BCUT2D eigenvalue weighted by atomic mass is 16.6. The van der Waals surface area contributed by atoms with Crippen LogP contribution in [0, 0.1) is 13.8 Å². The Labute approximate surface area is 170 Å². The molecule has 1 aromatic heterocycles. The van der Waals surface area contributed by atoms with Crippen LogP contribution in [0.1, 0.15) is 41.4 Å². The Kier molecular flexibility index (Phi) is 6.64. The standard InChI is InChI=1S/C21H27N5O3/c1-4-29-21(28)26-7-5-16(6-8-26)24-19-12-18(22-13-23-19)20(27)25-17-10-14(2)9-15(3)11-17/h9-13,16H,4-8H2,1-3H3,(H,25,27)(H,22,23,24). The molecule has 8 heteroatoms. The van der Waals surface area contributed by atoms with Crippen LogP contribution in [0.15, 0.2) is 30.6 Å². The molecule has 0 unspecified atom stereocenters. The first kappa shape index (κ1) is 20.6. The van der Waals surface area contributed by atoms with Crippen molar-refractivity contribution < 1.29 is 14.3 Å². The predicted molar refractivity (Wildman–Crippen MR) is 111 cm³/mol. The monoisotopic (exact) mass is 397 g/mol. The van der Waals surface area contributed by atoms with Gasteiger partial charge in [-0.2, -0.15) is 0 Å². The lowest BCUT2D eigenvalue weighted by molar-refractivity contribution is 0.0980. The van der Waals surface area contributed by atoms with Crippen molar-refractivity contribution in [3.05, 3.63) is 47.4 Å². The highest BCUT2D eigenvalue weighted by molar-refractivity contribution is 6.03. The van der Waals surface area contributed by atoms with Gasteiger partial charge in [-0.05, 0) is 56.9 Å². The number of anilines is 2. The molecule has 29 heavy (non-hydrogen) atoms. The molecule has 1 aromatic carbocycles. The Morgan fingerprint density at radius 1 is 1.10 bits per heavy atom. The molecule has 2 amide bonds. The van der Waals surface area contributed by atoms with E-state index in [4.69, 9.17) is 4.74 Å². The first-order valence-corrected chi connectivity index (χ1v) is 9.84. The number of carbonyl (C=O) groups is 2. The number of rotatable bonds is 5. The molecule has 1 aliphatic heterocycles. The Morgan fingerprint density at radius 3 is 2.45 bits per heavy atom. The van der Waals surface area contributed by atoms with Crippen LogP contribution in [0.3, 0.4) is 0 Å². The number of nitrogens with one attached hydrogen (secondary N) is 2. The fourth-order valence-corrected chi connectivity index (χ4v) is 3.43.